The molecule has 2 rings (SSSR count). The predicted octanol–water partition coefficient (Wildman–Crippen LogP) is 3.34. The van der Waals surface area contributed by atoms with E-state index in [2.05, 4.69) is 4.98 Å². The number of nitriles is 1. The first-order chi connectivity index (χ1) is 8.22. The number of hydrogen-bond acceptors (Lipinski definition) is 4. The Balaban J connectivity index is 2.38. The van der Waals surface area contributed by atoms with Crippen molar-refractivity contribution in [2.75, 3.05) is 5.73 Å². The first-order valence-corrected chi connectivity index (χ1v) is 5.99. The number of nitrogens with zero attached hydrogens (tertiary/aromatic N) is 2. The topological polar surface area (TPSA) is 62.7 Å². The van der Waals surface area contributed by atoms with Crippen LogP contribution in [0.15, 0.2) is 46.5 Å². The van der Waals surface area contributed by atoms with Crippen LogP contribution in [0.2, 0.25) is 5.02 Å². The Hall–Kier alpha value is -1.70. The third-order valence-electron chi connectivity index (χ3n) is 2.12. The SMILES string of the molecule is N#Cc1cccc(Sc2ncccc2Cl)c1N. The van der Waals surface area contributed by atoms with Crippen LogP contribution in [-0.2, 0) is 0 Å². The molecule has 0 unspecified atom stereocenters. The second-order valence-corrected chi connectivity index (χ2v) is 4.66. The van der Waals surface area contributed by atoms with Gasteiger partial charge in [-0.1, -0.05) is 29.4 Å². The van der Waals surface area contributed by atoms with E-state index in [0.717, 1.165) is 4.90 Å². The summed E-state index contributed by atoms with van der Waals surface area (Å²) in [4.78, 5) is 4.94. The zero-order chi connectivity index (χ0) is 12.3. The van der Waals surface area contributed by atoms with Gasteiger partial charge in [-0.3, -0.25) is 0 Å². The number of para-hydroxylation sites is 1. The van der Waals surface area contributed by atoms with Gasteiger partial charge in [0.1, 0.15) is 11.1 Å². The van der Waals surface area contributed by atoms with Crippen molar-refractivity contribution in [3.05, 3.63) is 47.1 Å². The normalized spacial score (nSPS) is 9.88. The zero-order valence-electron chi connectivity index (χ0n) is 8.72. The highest BCUT2D eigenvalue weighted by atomic mass is 35.5. The molecular weight excluding hydrogens is 254 g/mol. The highest BCUT2D eigenvalue weighted by molar-refractivity contribution is 7.99. The summed E-state index contributed by atoms with van der Waals surface area (Å²) in [6.45, 7) is 0. The number of pyridine rings is 1. The van der Waals surface area contributed by atoms with Crippen LogP contribution in [0, 0.1) is 11.3 Å². The fourth-order valence-corrected chi connectivity index (χ4v) is 2.37. The second kappa shape index (κ2) is 5.09. The summed E-state index contributed by atoms with van der Waals surface area (Å²) in [5.74, 6) is 0. The number of aromatic nitrogens is 1. The summed E-state index contributed by atoms with van der Waals surface area (Å²) in [6, 6.07) is 10.9. The van der Waals surface area contributed by atoms with Crippen LogP contribution in [0.4, 0.5) is 5.69 Å². The minimum absolute atomic E-state index is 0.460. The maximum absolute atomic E-state index is 8.88. The average Bonchev–Trinajstić information content (AvgIpc) is 2.34. The van der Waals surface area contributed by atoms with Gasteiger partial charge in [0.25, 0.3) is 0 Å². The maximum Gasteiger partial charge on any atom is 0.119 e. The Morgan fingerprint density at radius 2 is 2.12 bits per heavy atom. The van der Waals surface area contributed by atoms with Crippen molar-refractivity contribution in [3.8, 4) is 6.07 Å². The first kappa shape index (κ1) is 11.8. The third-order valence-corrected chi connectivity index (χ3v) is 3.63. The Morgan fingerprint density at radius 3 is 2.82 bits per heavy atom. The van der Waals surface area contributed by atoms with E-state index in [4.69, 9.17) is 22.6 Å². The van der Waals surface area contributed by atoms with E-state index >= 15 is 0 Å². The molecule has 5 heteroatoms. The van der Waals surface area contributed by atoms with Crippen LogP contribution in [0.1, 0.15) is 5.56 Å². The zero-order valence-corrected chi connectivity index (χ0v) is 10.3. The summed E-state index contributed by atoms with van der Waals surface area (Å²) >= 11 is 7.36. The van der Waals surface area contributed by atoms with E-state index in [1.165, 1.54) is 11.8 Å². The first-order valence-electron chi connectivity index (χ1n) is 4.79. The molecule has 0 fully saturated rings. The molecule has 0 saturated heterocycles. The Kier molecular flexibility index (Phi) is 3.52. The van der Waals surface area contributed by atoms with Crippen molar-refractivity contribution in [1.82, 2.24) is 4.98 Å². The maximum atomic E-state index is 8.88. The Morgan fingerprint density at radius 1 is 1.29 bits per heavy atom. The van der Waals surface area contributed by atoms with E-state index in [1.807, 2.05) is 12.1 Å². The molecule has 3 nitrogen and oxygen atoms in total. The van der Waals surface area contributed by atoms with Crippen LogP contribution in [0.5, 0.6) is 0 Å². The number of nitrogen functional groups attached to an aromatic ring is 1. The molecule has 2 aromatic rings. The molecule has 17 heavy (non-hydrogen) atoms. The smallest absolute Gasteiger partial charge is 0.119 e. The van der Waals surface area contributed by atoms with Gasteiger partial charge in [-0.05, 0) is 24.3 Å². The fraction of sp³-hybridized carbons (Fsp3) is 0. The molecule has 0 bridgehead atoms. The van der Waals surface area contributed by atoms with E-state index < -0.39 is 0 Å². The van der Waals surface area contributed by atoms with Crippen molar-refractivity contribution < 1.29 is 0 Å². The summed E-state index contributed by atoms with van der Waals surface area (Å²) in [5.41, 5.74) is 6.80. The average molecular weight is 262 g/mol. The van der Waals surface area contributed by atoms with Gasteiger partial charge in [0, 0.05) is 11.1 Å². The van der Waals surface area contributed by atoms with Crippen LogP contribution < -0.4 is 5.73 Å². The molecular formula is C12H8ClN3S. The summed E-state index contributed by atoms with van der Waals surface area (Å²) < 4.78 is 0. The van der Waals surface area contributed by atoms with Gasteiger partial charge in [0.2, 0.25) is 0 Å². The van der Waals surface area contributed by atoms with Crippen molar-refractivity contribution in [2.24, 2.45) is 0 Å². The molecule has 0 spiro atoms. The molecule has 84 valence electrons. The molecule has 0 amide bonds. The lowest BCUT2D eigenvalue weighted by Crippen LogP contribution is -1.93. The molecule has 1 aromatic heterocycles. The minimum Gasteiger partial charge on any atom is -0.397 e. The number of benzene rings is 1. The molecule has 2 N–H and O–H groups in total. The van der Waals surface area contributed by atoms with Crippen molar-refractivity contribution in [1.29, 1.82) is 5.26 Å². The van der Waals surface area contributed by atoms with Gasteiger partial charge in [-0.15, -0.1) is 0 Å². The van der Waals surface area contributed by atoms with Gasteiger partial charge in [-0.25, -0.2) is 4.98 Å². The van der Waals surface area contributed by atoms with E-state index in [0.29, 0.717) is 21.3 Å². The number of anilines is 1. The molecule has 0 radical (unpaired) electrons. The number of rotatable bonds is 2. The minimum atomic E-state index is 0.460. The summed E-state index contributed by atoms with van der Waals surface area (Å²) in [5, 5.41) is 10.1. The number of halogens is 1. The van der Waals surface area contributed by atoms with E-state index in [-0.39, 0.29) is 0 Å². The highest BCUT2D eigenvalue weighted by Gasteiger charge is 2.08. The monoisotopic (exact) mass is 261 g/mol. The van der Waals surface area contributed by atoms with Crippen molar-refractivity contribution in [2.45, 2.75) is 9.92 Å². The van der Waals surface area contributed by atoms with Gasteiger partial charge in [0.15, 0.2) is 0 Å². The standard InChI is InChI=1S/C12H8ClN3S/c13-9-4-2-6-16-12(9)17-10-5-1-3-8(7-14)11(10)15/h1-6H,15H2. The van der Waals surface area contributed by atoms with Gasteiger partial charge < -0.3 is 5.73 Å². The lowest BCUT2D eigenvalue weighted by Gasteiger charge is -2.06. The molecule has 1 heterocycles. The van der Waals surface area contributed by atoms with Gasteiger partial charge in [-0.2, -0.15) is 5.26 Å². The molecule has 0 atom stereocenters. The second-order valence-electron chi connectivity index (χ2n) is 3.22. The molecule has 0 aliphatic carbocycles. The molecule has 0 aliphatic heterocycles. The van der Waals surface area contributed by atoms with Crippen LogP contribution in [0.25, 0.3) is 0 Å². The van der Waals surface area contributed by atoms with E-state index in [1.54, 1.807) is 30.5 Å². The third kappa shape index (κ3) is 2.52. The van der Waals surface area contributed by atoms with Gasteiger partial charge in [0.05, 0.1) is 16.3 Å². The Bertz CT molecular complexity index is 593. The lowest BCUT2D eigenvalue weighted by atomic mass is 10.2. The number of hydrogen-bond donors (Lipinski definition) is 1. The van der Waals surface area contributed by atoms with Gasteiger partial charge >= 0.3 is 0 Å². The van der Waals surface area contributed by atoms with Crippen molar-refractivity contribution >= 4 is 29.1 Å². The summed E-state index contributed by atoms with van der Waals surface area (Å²) in [6.07, 6.45) is 1.67. The van der Waals surface area contributed by atoms with Crippen LogP contribution in [-0.4, -0.2) is 4.98 Å². The largest absolute Gasteiger partial charge is 0.397 e. The van der Waals surface area contributed by atoms with Crippen LogP contribution >= 0.6 is 23.4 Å². The summed E-state index contributed by atoms with van der Waals surface area (Å²) in [7, 11) is 0. The van der Waals surface area contributed by atoms with E-state index in [9.17, 15) is 0 Å². The molecule has 1 aromatic carbocycles. The van der Waals surface area contributed by atoms with Crippen molar-refractivity contribution in [3.63, 3.8) is 0 Å². The predicted molar refractivity (Wildman–Crippen MR) is 68.9 cm³/mol. The fourth-order valence-electron chi connectivity index (χ4n) is 1.28. The Labute approximate surface area is 108 Å². The molecule has 0 aliphatic rings. The molecule has 0 saturated carbocycles. The number of nitrogens with two attached hydrogens (primary N) is 1. The lowest BCUT2D eigenvalue weighted by molar-refractivity contribution is 1.13. The highest BCUT2D eigenvalue weighted by Crippen LogP contribution is 2.35. The van der Waals surface area contributed by atoms with Crippen LogP contribution in [0.3, 0.4) is 0 Å². The quantitative estimate of drug-likeness (QED) is 0.842.